The van der Waals surface area contributed by atoms with Gasteiger partial charge in [0.25, 0.3) is 0 Å². The fourth-order valence-electron chi connectivity index (χ4n) is 3.68. The number of amides is 1. The van der Waals surface area contributed by atoms with Gasteiger partial charge in [0.15, 0.2) is 0 Å². The maximum absolute atomic E-state index is 12.9. The highest BCUT2D eigenvalue weighted by molar-refractivity contribution is 5.83. The van der Waals surface area contributed by atoms with Crippen LogP contribution in [0, 0.1) is 12.8 Å². The van der Waals surface area contributed by atoms with E-state index in [2.05, 4.69) is 46.2 Å². The van der Waals surface area contributed by atoms with E-state index in [0.717, 1.165) is 35.4 Å². The third-order valence-electron chi connectivity index (χ3n) is 5.43. The minimum atomic E-state index is -0.220. The summed E-state index contributed by atoms with van der Waals surface area (Å²) in [5.74, 6) is 1.64. The summed E-state index contributed by atoms with van der Waals surface area (Å²) in [7, 11) is 3.92. The van der Waals surface area contributed by atoms with E-state index in [1.807, 2.05) is 50.3 Å². The summed E-state index contributed by atoms with van der Waals surface area (Å²) < 4.78 is 0. The molecule has 6 heteroatoms. The molecule has 0 aliphatic heterocycles. The van der Waals surface area contributed by atoms with Crippen molar-refractivity contribution in [3.63, 3.8) is 0 Å². The zero-order chi connectivity index (χ0) is 21.0. The molecule has 0 unspecified atom stereocenters. The molecule has 3 aromatic rings. The number of para-hydroxylation sites is 1. The summed E-state index contributed by atoms with van der Waals surface area (Å²) in [4.78, 5) is 27.4. The first-order valence-corrected chi connectivity index (χ1v) is 10.3. The SMILES string of the molecule is CCC(CC)C(=O)N[C@H](Cc1c[nH]c2ccccc12)c1cc(N(C)C)nc(C)n1. The van der Waals surface area contributed by atoms with Gasteiger partial charge in [-0.1, -0.05) is 32.0 Å². The van der Waals surface area contributed by atoms with Crippen LogP contribution in [0.15, 0.2) is 36.5 Å². The lowest BCUT2D eigenvalue weighted by atomic mass is 9.98. The molecule has 3 rings (SSSR count). The Morgan fingerprint density at radius 3 is 2.59 bits per heavy atom. The average Bonchev–Trinajstić information content (AvgIpc) is 3.11. The lowest BCUT2D eigenvalue weighted by molar-refractivity contribution is -0.126. The number of fused-ring (bicyclic) bond motifs is 1. The molecule has 2 aromatic heterocycles. The van der Waals surface area contributed by atoms with Gasteiger partial charge in [-0.2, -0.15) is 0 Å². The maximum atomic E-state index is 12.9. The van der Waals surface area contributed by atoms with Gasteiger partial charge in [0, 0.05) is 49.6 Å². The first-order chi connectivity index (χ1) is 13.9. The quantitative estimate of drug-likeness (QED) is 0.602. The van der Waals surface area contributed by atoms with Crippen molar-refractivity contribution in [1.29, 1.82) is 0 Å². The second-order valence-corrected chi connectivity index (χ2v) is 7.73. The molecule has 6 nitrogen and oxygen atoms in total. The second kappa shape index (κ2) is 9.07. The zero-order valence-corrected chi connectivity index (χ0v) is 18.0. The van der Waals surface area contributed by atoms with E-state index in [9.17, 15) is 4.79 Å². The van der Waals surface area contributed by atoms with E-state index >= 15 is 0 Å². The highest BCUT2D eigenvalue weighted by atomic mass is 16.1. The van der Waals surface area contributed by atoms with Crippen molar-refractivity contribution in [2.75, 3.05) is 19.0 Å². The molecule has 1 amide bonds. The fraction of sp³-hybridized carbons (Fsp3) is 0.435. The highest BCUT2D eigenvalue weighted by Gasteiger charge is 2.23. The Hall–Kier alpha value is -2.89. The van der Waals surface area contributed by atoms with E-state index < -0.39 is 0 Å². The van der Waals surface area contributed by atoms with Crippen molar-refractivity contribution < 1.29 is 4.79 Å². The van der Waals surface area contributed by atoms with Gasteiger partial charge in [0.05, 0.1) is 11.7 Å². The summed E-state index contributed by atoms with van der Waals surface area (Å²) in [6.07, 6.45) is 4.35. The van der Waals surface area contributed by atoms with Crippen molar-refractivity contribution in [1.82, 2.24) is 20.3 Å². The average molecular weight is 394 g/mol. The largest absolute Gasteiger partial charge is 0.363 e. The van der Waals surface area contributed by atoms with Crippen LogP contribution < -0.4 is 10.2 Å². The number of aromatic amines is 1. The van der Waals surface area contributed by atoms with Crippen LogP contribution in [0.1, 0.15) is 49.8 Å². The minimum Gasteiger partial charge on any atom is -0.363 e. The molecular weight excluding hydrogens is 362 g/mol. The molecule has 2 N–H and O–H groups in total. The number of benzene rings is 1. The van der Waals surface area contributed by atoms with E-state index in [0.29, 0.717) is 12.2 Å². The van der Waals surface area contributed by atoms with Gasteiger partial charge in [0.2, 0.25) is 5.91 Å². The van der Waals surface area contributed by atoms with Gasteiger partial charge < -0.3 is 15.2 Å². The summed E-state index contributed by atoms with van der Waals surface area (Å²) >= 11 is 0. The van der Waals surface area contributed by atoms with Crippen LogP contribution in [-0.4, -0.2) is 35.0 Å². The van der Waals surface area contributed by atoms with Crippen molar-refractivity contribution in [2.24, 2.45) is 5.92 Å². The van der Waals surface area contributed by atoms with Crippen LogP contribution in [0.3, 0.4) is 0 Å². The Kier molecular flexibility index (Phi) is 6.52. The molecule has 1 atom stereocenters. The number of aryl methyl sites for hydroxylation is 1. The van der Waals surface area contributed by atoms with Crippen LogP contribution in [-0.2, 0) is 11.2 Å². The summed E-state index contributed by atoms with van der Waals surface area (Å²) in [5, 5.41) is 4.44. The predicted molar refractivity (Wildman–Crippen MR) is 118 cm³/mol. The molecule has 0 saturated carbocycles. The second-order valence-electron chi connectivity index (χ2n) is 7.73. The van der Waals surface area contributed by atoms with Gasteiger partial charge in [0.1, 0.15) is 11.6 Å². The molecular formula is C23H31N5O. The van der Waals surface area contributed by atoms with Crippen LogP contribution in [0.2, 0.25) is 0 Å². The van der Waals surface area contributed by atoms with Crippen molar-refractivity contribution in [3.05, 3.63) is 53.6 Å². The Balaban J connectivity index is 1.98. The first-order valence-electron chi connectivity index (χ1n) is 10.3. The number of hydrogen-bond donors (Lipinski definition) is 2. The van der Waals surface area contributed by atoms with Gasteiger partial charge in [-0.05, 0) is 31.4 Å². The van der Waals surface area contributed by atoms with E-state index in [1.54, 1.807) is 0 Å². The lowest BCUT2D eigenvalue weighted by Crippen LogP contribution is -2.35. The summed E-state index contributed by atoms with van der Waals surface area (Å²) in [5.41, 5.74) is 3.10. The molecule has 2 heterocycles. The maximum Gasteiger partial charge on any atom is 0.223 e. The number of nitrogens with zero attached hydrogens (tertiary/aromatic N) is 3. The molecule has 0 fully saturated rings. The summed E-state index contributed by atoms with van der Waals surface area (Å²) in [6.45, 7) is 6.00. The van der Waals surface area contributed by atoms with Gasteiger partial charge in [-0.15, -0.1) is 0 Å². The van der Waals surface area contributed by atoms with E-state index in [4.69, 9.17) is 0 Å². The summed E-state index contributed by atoms with van der Waals surface area (Å²) in [6, 6.07) is 9.98. The van der Waals surface area contributed by atoms with Gasteiger partial charge in [-0.3, -0.25) is 4.79 Å². The molecule has 0 aliphatic carbocycles. The molecule has 0 radical (unpaired) electrons. The molecule has 0 bridgehead atoms. The lowest BCUT2D eigenvalue weighted by Gasteiger charge is -2.23. The Morgan fingerprint density at radius 1 is 1.17 bits per heavy atom. The number of rotatable bonds is 8. The Morgan fingerprint density at radius 2 is 1.90 bits per heavy atom. The molecule has 29 heavy (non-hydrogen) atoms. The Labute approximate surface area is 172 Å². The first kappa shape index (κ1) is 20.8. The number of aromatic nitrogens is 3. The molecule has 154 valence electrons. The van der Waals surface area contributed by atoms with Gasteiger partial charge in [-0.25, -0.2) is 9.97 Å². The van der Waals surface area contributed by atoms with E-state index in [1.165, 1.54) is 5.39 Å². The molecule has 0 spiro atoms. The fourth-order valence-corrected chi connectivity index (χ4v) is 3.68. The normalized spacial score (nSPS) is 12.3. The van der Waals surface area contributed by atoms with Crippen molar-refractivity contribution >= 4 is 22.6 Å². The number of anilines is 1. The standard InChI is InChI=1S/C23H31N5O/c1-6-16(7-2)23(29)27-20(21-13-22(28(4)5)26-15(3)25-21)12-17-14-24-19-11-9-8-10-18(17)19/h8-11,13-14,16,20,24H,6-7,12H2,1-5H3,(H,27,29)/t20-/m1/s1. The third-order valence-corrected chi connectivity index (χ3v) is 5.43. The molecule has 0 saturated heterocycles. The highest BCUT2D eigenvalue weighted by Crippen LogP contribution is 2.26. The molecule has 0 aliphatic rings. The van der Waals surface area contributed by atoms with E-state index in [-0.39, 0.29) is 17.9 Å². The predicted octanol–water partition coefficient (Wildman–Crippen LogP) is 4.17. The Bertz CT molecular complexity index is 974. The van der Waals surface area contributed by atoms with Gasteiger partial charge >= 0.3 is 0 Å². The third kappa shape index (κ3) is 4.75. The minimum absolute atomic E-state index is 0.0109. The van der Waals surface area contributed by atoms with Crippen LogP contribution in [0.5, 0.6) is 0 Å². The zero-order valence-electron chi connectivity index (χ0n) is 18.0. The number of H-pyrrole nitrogens is 1. The smallest absolute Gasteiger partial charge is 0.223 e. The monoisotopic (exact) mass is 393 g/mol. The topological polar surface area (TPSA) is 73.9 Å². The number of hydrogen-bond acceptors (Lipinski definition) is 4. The van der Waals surface area contributed by atoms with Crippen LogP contribution >= 0.6 is 0 Å². The number of nitrogens with one attached hydrogen (secondary N) is 2. The number of carbonyl (C=O) groups is 1. The van der Waals surface area contributed by atoms with Crippen LogP contribution in [0.25, 0.3) is 10.9 Å². The molecule has 1 aromatic carbocycles. The van der Waals surface area contributed by atoms with Crippen LogP contribution in [0.4, 0.5) is 5.82 Å². The van der Waals surface area contributed by atoms with Crippen molar-refractivity contribution in [3.8, 4) is 0 Å². The van der Waals surface area contributed by atoms with Crippen molar-refractivity contribution in [2.45, 2.75) is 46.1 Å². The number of carbonyl (C=O) groups excluding carboxylic acids is 1.